The summed E-state index contributed by atoms with van der Waals surface area (Å²) in [5.74, 6) is 5.14. The van der Waals surface area contributed by atoms with Gasteiger partial charge in [0, 0.05) is 0 Å². The second-order valence-electron chi connectivity index (χ2n) is 3.68. The van der Waals surface area contributed by atoms with Gasteiger partial charge in [-0.15, -0.1) is 0 Å². The van der Waals surface area contributed by atoms with E-state index in [0.29, 0.717) is 5.75 Å². The van der Waals surface area contributed by atoms with Gasteiger partial charge in [0.25, 0.3) is 0 Å². The van der Waals surface area contributed by atoms with Crippen molar-refractivity contribution in [1.82, 2.24) is 0 Å². The third-order valence-corrected chi connectivity index (χ3v) is 3.11. The molecule has 0 aliphatic rings. The first-order chi connectivity index (χ1) is 9.11. The first-order valence-corrected chi connectivity index (χ1v) is 6.83. The second-order valence-corrected chi connectivity index (χ2v) is 4.93. The van der Waals surface area contributed by atoms with Crippen molar-refractivity contribution in [2.24, 2.45) is 5.90 Å². The summed E-state index contributed by atoms with van der Waals surface area (Å²) in [7, 11) is -4.11. The fraction of sp³-hybridized carbons (Fsp3) is 0.167. The molecule has 0 saturated heterocycles. The Hall–Kier alpha value is -1.67. The van der Waals surface area contributed by atoms with Crippen molar-refractivity contribution in [2.75, 3.05) is 13.2 Å². The zero-order valence-electron chi connectivity index (χ0n) is 9.98. The first-order valence-electron chi connectivity index (χ1n) is 5.50. The van der Waals surface area contributed by atoms with Crippen molar-refractivity contribution in [3.05, 3.63) is 42.5 Å². The van der Waals surface area contributed by atoms with E-state index in [9.17, 15) is 8.42 Å². The summed E-state index contributed by atoms with van der Waals surface area (Å²) in [5, 5.41) is 2.14. The highest BCUT2D eigenvalue weighted by atomic mass is 32.3. The van der Waals surface area contributed by atoms with Crippen LogP contribution in [0, 0.1) is 0 Å². The van der Waals surface area contributed by atoms with Crippen molar-refractivity contribution in [1.29, 1.82) is 0 Å². The van der Waals surface area contributed by atoms with Crippen LogP contribution in [-0.4, -0.2) is 21.6 Å². The first kappa shape index (κ1) is 13.8. The van der Waals surface area contributed by atoms with Crippen LogP contribution in [0.1, 0.15) is 0 Å². The standard InChI is InChI=1S/C12H13NO5S/c13-18-19(14,15)17-8-7-16-12-6-5-10-3-1-2-4-11(10)9-12/h1-6,9H,7-8,13H2. The number of ether oxygens (including phenoxy) is 1. The molecule has 0 spiro atoms. The van der Waals surface area contributed by atoms with E-state index in [2.05, 4.69) is 14.4 Å². The summed E-state index contributed by atoms with van der Waals surface area (Å²) < 4.78 is 34.9. The van der Waals surface area contributed by atoms with Gasteiger partial charge < -0.3 is 4.74 Å². The summed E-state index contributed by atoms with van der Waals surface area (Å²) in [6, 6.07) is 13.4. The minimum absolute atomic E-state index is 0.0704. The van der Waals surface area contributed by atoms with Crippen molar-refractivity contribution < 1.29 is 21.6 Å². The average molecular weight is 283 g/mol. The lowest BCUT2D eigenvalue weighted by Gasteiger charge is -2.07. The van der Waals surface area contributed by atoms with Crippen LogP contribution in [0.25, 0.3) is 10.8 Å². The van der Waals surface area contributed by atoms with Gasteiger partial charge in [-0.2, -0.15) is 18.6 Å². The topological polar surface area (TPSA) is 87.9 Å². The molecule has 0 aliphatic heterocycles. The molecule has 0 saturated carbocycles. The van der Waals surface area contributed by atoms with Crippen LogP contribution in [0.2, 0.25) is 0 Å². The molecule has 0 aliphatic carbocycles. The summed E-state index contributed by atoms with van der Waals surface area (Å²) in [6.07, 6.45) is 0. The highest BCUT2D eigenvalue weighted by molar-refractivity contribution is 7.81. The van der Waals surface area contributed by atoms with Crippen LogP contribution in [-0.2, 0) is 18.9 Å². The highest BCUT2D eigenvalue weighted by Gasteiger charge is 2.09. The predicted molar refractivity (Wildman–Crippen MR) is 69.6 cm³/mol. The van der Waals surface area contributed by atoms with Gasteiger partial charge in [-0.25, -0.2) is 4.18 Å². The Labute approximate surface area is 111 Å². The van der Waals surface area contributed by atoms with E-state index >= 15 is 0 Å². The van der Waals surface area contributed by atoms with Gasteiger partial charge in [0.15, 0.2) is 0 Å². The quantitative estimate of drug-likeness (QED) is 0.636. The molecule has 0 unspecified atom stereocenters. The number of benzene rings is 2. The molecular weight excluding hydrogens is 270 g/mol. The van der Waals surface area contributed by atoms with E-state index in [1.54, 1.807) is 6.07 Å². The van der Waals surface area contributed by atoms with Crippen molar-refractivity contribution in [3.63, 3.8) is 0 Å². The van der Waals surface area contributed by atoms with Gasteiger partial charge in [0.05, 0.1) is 0 Å². The van der Waals surface area contributed by atoms with Crippen LogP contribution < -0.4 is 10.6 Å². The lowest BCUT2D eigenvalue weighted by Crippen LogP contribution is -2.17. The Morgan fingerprint density at radius 1 is 1.00 bits per heavy atom. The van der Waals surface area contributed by atoms with Crippen LogP contribution >= 0.6 is 0 Å². The molecule has 0 radical (unpaired) electrons. The molecule has 0 bridgehead atoms. The number of nitrogens with two attached hydrogens (primary N) is 1. The molecule has 0 atom stereocenters. The Bertz CT molecular complexity index is 656. The maximum atomic E-state index is 10.8. The lowest BCUT2D eigenvalue weighted by atomic mass is 10.1. The van der Waals surface area contributed by atoms with Crippen molar-refractivity contribution in [2.45, 2.75) is 0 Å². The van der Waals surface area contributed by atoms with Gasteiger partial charge >= 0.3 is 10.4 Å². The van der Waals surface area contributed by atoms with Gasteiger partial charge in [-0.1, -0.05) is 30.3 Å². The Balaban J connectivity index is 1.91. The smallest absolute Gasteiger partial charge is 0.416 e. The molecule has 19 heavy (non-hydrogen) atoms. The monoisotopic (exact) mass is 283 g/mol. The molecule has 2 N–H and O–H groups in total. The zero-order valence-corrected chi connectivity index (χ0v) is 10.8. The van der Waals surface area contributed by atoms with Crippen LogP contribution in [0.4, 0.5) is 0 Å². The fourth-order valence-electron chi connectivity index (χ4n) is 1.58. The van der Waals surface area contributed by atoms with E-state index in [1.165, 1.54) is 0 Å². The summed E-state index contributed by atoms with van der Waals surface area (Å²) in [4.78, 5) is 0. The van der Waals surface area contributed by atoms with Crippen LogP contribution in [0.5, 0.6) is 5.75 Å². The van der Waals surface area contributed by atoms with Crippen molar-refractivity contribution >= 4 is 21.2 Å². The van der Waals surface area contributed by atoms with Crippen molar-refractivity contribution in [3.8, 4) is 5.75 Å². The molecular formula is C12H13NO5S. The summed E-state index contributed by atoms with van der Waals surface area (Å²) in [6.45, 7) is -0.104. The van der Waals surface area contributed by atoms with Gasteiger partial charge in [0.1, 0.15) is 19.0 Å². The minimum atomic E-state index is -4.11. The van der Waals surface area contributed by atoms with E-state index in [4.69, 9.17) is 4.74 Å². The number of hydrogen-bond donors (Lipinski definition) is 1. The molecule has 0 aromatic heterocycles. The number of hydrogen-bond acceptors (Lipinski definition) is 6. The normalized spacial score (nSPS) is 11.6. The SMILES string of the molecule is NOS(=O)(=O)OCCOc1ccc2ccccc2c1. The van der Waals surface area contributed by atoms with Gasteiger partial charge in [-0.3, -0.25) is 0 Å². The molecule has 0 fully saturated rings. The molecule has 2 rings (SSSR count). The minimum Gasteiger partial charge on any atom is -0.491 e. The largest absolute Gasteiger partial charge is 0.491 e. The van der Waals surface area contributed by atoms with E-state index < -0.39 is 10.4 Å². The summed E-state index contributed by atoms with van der Waals surface area (Å²) >= 11 is 0. The Morgan fingerprint density at radius 2 is 1.74 bits per heavy atom. The maximum Gasteiger partial charge on any atom is 0.416 e. The molecule has 102 valence electrons. The zero-order chi connectivity index (χ0) is 13.7. The third kappa shape index (κ3) is 3.90. The Kier molecular flexibility index (Phi) is 4.33. The molecule has 0 amide bonds. The Morgan fingerprint density at radius 3 is 2.47 bits per heavy atom. The predicted octanol–water partition coefficient (Wildman–Crippen LogP) is 1.37. The lowest BCUT2D eigenvalue weighted by molar-refractivity contribution is 0.179. The van der Waals surface area contributed by atoms with Gasteiger partial charge in [0.2, 0.25) is 0 Å². The third-order valence-electron chi connectivity index (χ3n) is 2.42. The average Bonchev–Trinajstić information content (AvgIpc) is 2.43. The molecule has 2 aromatic rings. The van der Waals surface area contributed by atoms with Gasteiger partial charge in [-0.05, 0) is 22.9 Å². The molecule has 2 aromatic carbocycles. The number of rotatable bonds is 6. The molecule has 7 heteroatoms. The van der Waals surface area contributed by atoms with E-state index in [-0.39, 0.29) is 13.2 Å². The maximum absolute atomic E-state index is 10.8. The summed E-state index contributed by atoms with van der Waals surface area (Å²) in [5.41, 5.74) is 0. The van der Waals surface area contributed by atoms with Crippen LogP contribution in [0.15, 0.2) is 42.5 Å². The highest BCUT2D eigenvalue weighted by Crippen LogP contribution is 2.20. The van der Waals surface area contributed by atoms with Crippen LogP contribution in [0.3, 0.4) is 0 Å². The molecule has 0 heterocycles. The molecule has 6 nitrogen and oxygen atoms in total. The van der Waals surface area contributed by atoms with E-state index in [1.807, 2.05) is 36.4 Å². The van der Waals surface area contributed by atoms with E-state index in [0.717, 1.165) is 10.8 Å². The fourth-order valence-corrected chi connectivity index (χ4v) is 1.91. The second kappa shape index (κ2) is 5.98. The number of fused-ring (bicyclic) bond motifs is 1.